The van der Waals surface area contributed by atoms with Gasteiger partial charge in [-0.3, -0.25) is 9.89 Å². The van der Waals surface area contributed by atoms with E-state index in [4.69, 9.17) is 9.47 Å². The summed E-state index contributed by atoms with van der Waals surface area (Å²) in [6.45, 7) is 4.43. The van der Waals surface area contributed by atoms with E-state index in [2.05, 4.69) is 15.2 Å². The predicted octanol–water partition coefficient (Wildman–Crippen LogP) is 2.09. The summed E-state index contributed by atoms with van der Waals surface area (Å²) in [5.74, 6) is 0.191. The Kier molecular flexibility index (Phi) is 5.05. The van der Waals surface area contributed by atoms with E-state index in [-0.39, 0.29) is 19.2 Å². The van der Waals surface area contributed by atoms with Crippen molar-refractivity contribution >= 4 is 5.97 Å². The molecule has 112 valence electrons. The van der Waals surface area contributed by atoms with Crippen LogP contribution >= 0.6 is 0 Å². The Bertz CT molecular complexity index is 553. The van der Waals surface area contributed by atoms with Crippen LogP contribution in [-0.4, -0.2) is 27.8 Å². The van der Waals surface area contributed by atoms with E-state index in [1.54, 1.807) is 13.8 Å². The third-order valence-electron chi connectivity index (χ3n) is 2.93. The van der Waals surface area contributed by atoms with E-state index in [9.17, 15) is 4.79 Å². The molecular formula is C15H19N3O3. The van der Waals surface area contributed by atoms with Crippen molar-refractivity contribution in [3.05, 3.63) is 48.0 Å². The minimum Gasteiger partial charge on any atom is -0.457 e. The Morgan fingerprint density at radius 1 is 1.24 bits per heavy atom. The number of nitrogens with zero attached hydrogens (tertiary/aromatic N) is 2. The smallest absolute Gasteiger partial charge is 0.314 e. The molecule has 0 amide bonds. The lowest BCUT2D eigenvalue weighted by Gasteiger charge is -2.22. The number of nitrogens with one attached hydrogen (secondary N) is 1. The Morgan fingerprint density at radius 2 is 2.00 bits per heavy atom. The lowest BCUT2D eigenvalue weighted by Crippen LogP contribution is -2.31. The summed E-state index contributed by atoms with van der Waals surface area (Å²) in [4.78, 5) is 15.9. The highest BCUT2D eigenvalue weighted by atomic mass is 16.5. The number of aromatic amines is 1. The SMILES string of the molecule is CC(C)(COCc1ccccc1)C(=O)OCc1ncn[nH]1. The van der Waals surface area contributed by atoms with Gasteiger partial charge in [-0.2, -0.15) is 5.10 Å². The van der Waals surface area contributed by atoms with Crippen LogP contribution in [0.25, 0.3) is 0 Å². The number of esters is 1. The average Bonchev–Trinajstić information content (AvgIpc) is 2.99. The van der Waals surface area contributed by atoms with Gasteiger partial charge in [-0.05, 0) is 19.4 Å². The Hall–Kier alpha value is -2.21. The second-order valence-electron chi connectivity index (χ2n) is 5.37. The van der Waals surface area contributed by atoms with Crippen molar-refractivity contribution in [2.24, 2.45) is 5.41 Å². The number of hydrogen-bond donors (Lipinski definition) is 1. The lowest BCUT2D eigenvalue weighted by atomic mass is 9.95. The zero-order valence-electron chi connectivity index (χ0n) is 12.2. The third-order valence-corrected chi connectivity index (χ3v) is 2.93. The van der Waals surface area contributed by atoms with Gasteiger partial charge in [0.15, 0.2) is 12.4 Å². The van der Waals surface area contributed by atoms with Gasteiger partial charge in [-0.1, -0.05) is 30.3 Å². The van der Waals surface area contributed by atoms with Gasteiger partial charge in [0.2, 0.25) is 0 Å². The maximum absolute atomic E-state index is 12.0. The fourth-order valence-corrected chi connectivity index (χ4v) is 1.69. The number of rotatable bonds is 7. The van der Waals surface area contributed by atoms with E-state index >= 15 is 0 Å². The zero-order chi connectivity index (χ0) is 15.1. The van der Waals surface area contributed by atoms with Gasteiger partial charge in [0.25, 0.3) is 0 Å². The van der Waals surface area contributed by atoms with Crippen molar-refractivity contribution in [2.75, 3.05) is 6.61 Å². The van der Waals surface area contributed by atoms with Crippen LogP contribution in [0.4, 0.5) is 0 Å². The summed E-state index contributed by atoms with van der Waals surface area (Å²) in [7, 11) is 0. The summed E-state index contributed by atoms with van der Waals surface area (Å²) in [6, 6.07) is 9.82. The minimum atomic E-state index is -0.713. The standard InChI is InChI=1S/C15H19N3O3/c1-15(2,10-20-8-12-6-4-3-5-7-12)14(19)21-9-13-16-11-17-18-13/h3-7,11H,8-10H2,1-2H3,(H,16,17,18). The molecule has 21 heavy (non-hydrogen) atoms. The fourth-order valence-electron chi connectivity index (χ4n) is 1.69. The molecule has 6 heteroatoms. The summed E-state index contributed by atoms with van der Waals surface area (Å²) in [5, 5.41) is 6.33. The highest BCUT2D eigenvalue weighted by molar-refractivity contribution is 5.76. The first-order valence-corrected chi connectivity index (χ1v) is 6.71. The molecule has 0 fully saturated rings. The third kappa shape index (κ3) is 4.68. The number of hydrogen-bond acceptors (Lipinski definition) is 5. The molecule has 0 radical (unpaired) electrons. The average molecular weight is 289 g/mol. The number of H-pyrrole nitrogens is 1. The minimum absolute atomic E-state index is 0.0843. The van der Waals surface area contributed by atoms with Crippen molar-refractivity contribution in [1.29, 1.82) is 0 Å². The van der Waals surface area contributed by atoms with Gasteiger partial charge >= 0.3 is 5.97 Å². The molecule has 0 spiro atoms. The van der Waals surface area contributed by atoms with Crippen LogP contribution < -0.4 is 0 Å². The van der Waals surface area contributed by atoms with Crippen molar-refractivity contribution in [2.45, 2.75) is 27.1 Å². The molecule has 0 aliphatic carbocycles. The molecular weight excluding hydrogens is 270 g/mol. The van der Waals surface area contributed by atoms with Crippen LogP contribution in [0.5, 0.6) is 0 Å². The molecule has 0 atom stereocenters. The summed E-state index contributed by atoms with van der Waals surface area (Å²) in [6.07, 6.45) is 1.37. The van der Waals surface area contributed by atoms with Crippen LogP contribution in [0.1, 0.15) is 25.2 Å². The van der Waals surface area contributed by atoms with Gasteiger partial charge in [0.1, 0.15) is 6.33 Å². The summed E-state index contributed by atoms with van der Waals surface area (Å²) >= 11 is 0. The van der Waals surface area contributed by atoms with E-state index in [1.807, 2.05) is 30.3 Å². The molecule has 6 nitrogen and oxygen atoms in total. The summed E-state index contributed by atoms with van der Waals surface area (Å²) in [5.41, 5.74) is 0.359. The molecule has 1 N–H and O–H groups in total. The number of carbonyl (C=O) groups is 1. The first-order chi connectivity index (χ1) is 10.1. The van der Waals surface area contributed by atoms with E-state index in [0.717, 1.165) is 5.56 Å². The Morgan fingerprint density at radius 3 is 2.67 bits per heavy atom. The highest BCUT2D eigenvalue weighted by Gasteiger charge is 2.30. The van der Waals surface area contributed by atoms with E-state index in [1.165, 1.54) is 6.33 Å². The highest BCUT2D eigenvalue weighted by Crippen LogP contribution is 2.19. The topological polar surface area (TPSA) is 77.1 Å². The molecule has 0 aliphatic rings. The first kappa shape index (κ1) is 15.2. The molecule has 1 aromatic carbocycles. The number of aromatic nitrogens is 3. The van der Waals surface area contributed by atoms with Gasteiger partial charge in [-0.15, -0.1) is 0 Å². The molecule has 0 saturated heterocycles. The largest absolute Gasteiger partial charge is 0.457 e. The van der Waals surface area contributed by atoms with Crippen LogP contribution in [0.3, 0.4) is 0 Å². The zero-order valence-corrected chi connectivity index (χ0v) is 12.2. The maximum atomic E-state index is 12.0. The normalized spacial score (nSPS) is 11.3. The van der Waals surface area contributed by atoms with E-state index in [0.29, 0.717) is 12.4 Å². The fraction of sp³-hybridized carbons (Fsp3) is 0.400. The molecule has 0 unspecified atom stereocenters. The summed E-state index contributed by atoms with van der Waals surface area (Å²) < 4.78 is 10.8. The molecule has 2 rings (SSSR count). The number of ether oxygens (including phenoxy) is 2. The second-order valence-corrected chi connectivity index (χ2v) is 5.37. The van der Waals surface area contributed by atoms with Crippen molar-refractivity contribution in [3.63, 3.8) is 0 Å². The number of carbonyl (C=O) groups excluding carboxylic acids is 1. The quantitative estimate of drug-likeness (QED) is 0.790. The molecule has 1 aromatic heterocycles. The second kappa shape index (κ2) is 6.99. The van der Waals surface area contributed by atoms with Crippen LogP contribution in [0, 0.1) is 5.41 Å². The Labute approximate surface area is 123 Å². The molecule has 2 aromatic rings. The monoisotopic (exact) mass is 289 g/mol. The van der Waals surface area contributed by atoms with Gasteiger partial charge in [0, 0.05) is 0 Å². The van der Waals surface area contributed by atoms with E-state index < -0.39 is 5.41 Å². The van der Waals surface area contributed by atoms with Crippen LogP contribution in [0.15, 0.2) is 36.7 Å². The van der Waals surface area contributed by atoms with Crippen molar-refractivity contribution < 1.29 is 14.3 Å². The van der Waals surface area contributed by atoms with Gasteiger partial charge < -0.3 is 9.47 Å². The molecule has 1 heterocycles. The number of benzene rings is 1. The van der Waals surface area contributed by atoms with Crippen LogP contribution in [-0.2, 0) is 27.5 Å². The lowest BCUT2D eigenvalue weighted by molar-refractivity contribution is -0.159. The first-order valence-electron chi connectivity index (χ1n) is 6.71. The Balaban J connectivity index is 1.76. The molecule has 0 saturated carbocycles. The molecule has 0 bridgehead atoms. The predicted molar refractivity (Wildman–Crippen MR) is 76.1 cm³/mol. The maximum Gasteiger partial charge on any atom is 0.314 e. The van der Waals surface area contributed by atoms with Gasteiger partial charge in [0.05, 0.1) is 18.6 Å². The van der Waals surface area contributed by atoms with Crippen LogP contribution in [0.2, 0.25) is 0 Å². The van der Waals surface area contributed by atoms with Gasteiger partial charge in [-0.25, -0.2) is 4.98 Å². The van der Waals surface area contributed by atoms with Crippen molar-refractivity contribution in [1.82, 2.24) is 15.2 Å². The van der Waals surface area contributed by atoms with Crippen molar-refractivity contribution in [3.8, 4) is 0 Å². The molecule has 0 aliphatic heterocycles.